The van der Waals surface area contributed by atoms with Crippen LogP contribution >= 0.6 is 11.3 Å². The number of nitrogens with one attached hydrogen (secondary N) is 1. The van der Waals surface area contributed by atoms with E-state index in [1.165, 1.54) is 0 Å². The van der Waals surface area contributed by atoms with E-state index in [1.807, 2.05) is 12.2 Å². The lowest BCUT2D eigenvalue weighted by atomic mass is 9.97. The fourth-order valence-electron chi connectivity index (χ4n) is 2.17. The fourth-order valence-corrected chi connectivity index (χ4v) is 2.68. The van der Waals surface area contributed by atoms with E-state index in [0.717, 1.165) is 41.8 Å². The number of fused-ring (bicyclic) bond motifs is 1. The molecule has 0 saturated heterocycles. The van der Waals surface area contributed by atoms with E-state index in [0.29, 0.717) is 5.82 Å². The van der Waals surface area contributed by atoms with Gasteiger partial charge in [-0.3, -0.25) is 9.78 Å². The van der Waals surface area contributed by atoms with Crippen molar-refractivity contribution in [3.8, 4) is 0 Å². The van der Waals surface area contributed by atoms with E-state index < -0.39 is 0 Å². The Bertz CT molecular complexity index is 628. The molecule has 1 aliphatic rings. The lowest BCUT2D eigenvalue weighted by Crippen LogP contribution is -2.21. The molecular weight excluding hydrogens is 246 g/mol. The molecule has 92 valence electrons. The van der Waals surface area contributed by atoms with Gasteiger partial charge in [0.25, 0.3) is 5.56 Å². The summed E-state index contributed by atoms with van der Waals surface area (Å²) in [5, 5.41) is 0. The van der Waals surface area contributed by atoms with Crippen molar-refractivity contribution in [1.29, 1.82) is 0 Å². The lowest BCUT2D eigenvalue weighted by molar-refractivity contribution is 0.655. The Balaban J connectivity index is 1.94. The number of rotatable bonds is 2. The molecule has 2 aromatic heterocycles. The minimum absolute atomic E-state index is 0.0173. The Morgan fingerprint density at radius 3 is 3.00 bits per heavy atom. The maximum Gasteiger partial charge on any atom is 0.254 e. The van der Waals surface area contributed by atoms with Crippen LogP contribution in [0.2, 0.25) is 0 Å². The molecule has 0 spiro atoms. The van der Waals surface area contributed by atoms with Crippen molar-refractivity contribution in [2.24, 2.45) is 0 Å². The molecule has 2 aromatic rings. The number of H-pyrrole nitrogens is 1. The number of nitrogens with zero attached hydrogens (tertiary/aromatic N) is 2. The predicted molar refractivity (Wildman–Crippen MR) is 72.5 cm³/mol. The Kier molecular flexibility index (Phi) is 3.06. The highest BCUT2D eigenvalue weighted by Crippen LogP contribution is 2.16. The van der Waals surface area contributed by atoms with Crippen molar-refractivity contribution >= 4 is 23.5 Å². The van der Waals surface area contributed by atoms with Gasteiger partial charge in [0.2, 0.25) is 0 Å². The van der Waals surface area contributed by atoms with Gasteiger partial charge in [0.05, 0.1) is 11.2 Å². The molecule has 0 fully saturated rings. The number of aryl methyl sites for hydroxylation is 1. The van der Waals surface area contributed by atoms with E-state index in [9.17, 15) is 4.79 Å². The van der Waals surface area contributed by atoms with Crippen LogP contribution in [0.1, 0.15) is 34.8 Å². The maximum atomic E-state index is 11.9. The Morgan fingerprint density at radius 1 is 1.28 bits per heavy atom. The van der Waals surface area contributed by atoms with Crippen LogP contribution in [-0.2, 0) is 12.8 Å². The number of thiazole rings is 1. The molecule has 18 heavy (non-hydrogen) atoms. The monoisotopic (exact) mass is 259 g/mol. The lowest BCUT2D eigenvalue weighted by Gasteiger charge is -2.13. The minimum atomic E-state index is 0.0173. The van der Waals surface area contributed by atoms with Crippen molar-refractivity contribution in [2.45, 2.75) is 25.7 Å². The Hall–Kier alpha value is -1.75. The first kappa shape index (κ1) is 11.3. The summed E-state index contributed by atoms with van der Waals surface area (Å²) in [5.41, 5.74) is 3.64. The van der Waals surface area contributed by atoms with Gasteiger partial charge in [0, 0.05) is 16.6 Å². The zero-order chi connectivity index (χ0) is 12.4. The van der Waals surface area contributed by atoms with E-state index in [1.54, 1.807) is 23.0 Å². The van der Waals surface area contributed by atoms with Gasteiger partial charge in [0.1, 0.15) is 5.82 Å². The third-order valence-electron chi connectivity index (χ3n) is 3.07. The second-order valence-corrected chi connectivity index (χ2v) is 5.24. The molecule has 1 aliphatic carbocycles. The van der Waals surface area contributed by atoms with Crippen LogP contribution in [0.4, 0.5) is 0 Å². The topological polar surface area (TPSA) is 58.6 Å². The number of aromatic nitrogens is 3. The summed E-state index contributed by atoms with van der Waals surface area (Å²) in [6.45, 7) is 0. The largest absolute Gasteiger partial charge is 0.307 e. The SMILES string of the molecule is O=c1[nH]c(C=Cc2cncs2)nc2c1CCCC2. The van der Waals surface area contributed by atoms with Crippen LogP contribution in [0.3, 0.4) is 0 Å². The van der Waals surface area contributed by atoms with E-state index in [-0.39, 0.29) is 5.56 Å². The van der Waals surface area contributed by atoms with Crippen molar-refractivity contribution in [2.75, 3.05) is 0 Å². The molecule has 0 aliphatic heterocycles. The van der Waals surface area contributed by atoms with Gasteiger partial charge in [-0.2, -0.15) is 0 Å². The van der Waals surface area contributed by atoms with Gasteiger partial charge in [-0.05, 0) is 37.8 Å². The van der Waals surface area contributed by atoms with Crippen LogP contribution in [-0.4, -0.2) is 15.0 Å². The van der Waals surface area contributed by atoms with Gasteiger partial charge >= 0.3 is 0 Å². The Labute approximate surface area is 108 Å². The molecule has 0 aromatic carbocycles. The summed E-state index contributed by atoms with van der Waals surface area (Å²) in [4.78, 5) is 24.3. The summed E-state index contributed by atoms with van der Waals surface area (Å²) in [7, 11) is 0. The van der Waals surface area contributed by atoms with Crippen molar-refractivity contribution in [3.63, 3.8) is 0 Å². The standard InChI is InChI=1S/C13H13N3OS/c17-13-10-3-1-2-4-11(10)15-12(16-13)6-5-9-7-14-8-18-9/h5-8H,1-4H2,(H,15,16,17). The second kappa shape index (κ2) is 4.86. The second-order valence-electron chi connectivity index (χ2n) is 4.32. The van der Waals surface area contributed by atoms with Crippen LogP contribution in [0, 0.1) is 0 Å². The molecule has 1 N–H and O–H groups in total. The zero-order valence-corrected chi connectivity index (χ0v) is 10.7. The third-order valence-corrected chi connectivity index (χ3v) is 3.81. The summed E-state index contributed by atoms with van der Waals surface area (Å²) >= 11 is 1.56. The van der Waals surface area contributed by atoms with Crippen molar-refractivity contribution in [1.82, 2.24) is 15.0 Å². The van der Waals surface area contributed by atoms with Gasteiger partial charge in [-0.25, -0.2) is 4.98 Å². The number of hydrogen-bond acceptors (Lipinski definition) is 4. The first-order valence-corrected chi connectivity index (χ1v) is 6.89. The molecule has 0 bridgehead atoms. The number of aromatic amines is 1. The molecule has 0 radical (unpaired) electrons. The molecule has 3 rings (SSSR count). The minimum Gasteiger partial charge on any atom is -0.307 e. The summed E-state index contributed by atoms with van der Waals surface area (Å²) in [5.74, 6) is 0.633. The smallest absolute Gasteiger partial charge is 0.254 e. The van der Waals surface area contributed by atoms with E-state index >= 15 is 0 Å². The molecule has 0 amide bonds. The molecule has 5 heteroatoms. The van der Waals surface area contributed by atoms with Gasteiger partial charge in [0.15, 0.2) is 0 Å². The fraction of sp³-hybridized carbons (Fsp3) is 0.308. The highest BCUT2D eigenvalue weighted by atomic mass is 32.1. The van der Waals surface area contributed by atoms with Gasteiger partial charge in [-0.1, -0.05) is 0 Å². The van der Waals surface area contributed by atoms with Crippen LogP contribution in [0.15, 0.2) is 16.5 Å². The maximum absolute atomic E-state index is 11.9. The predicted octanol–water partition coefficient (Wildman–Crippen LogP) is 2.28. The zero-order valence-electron chi connectivity index (χ0n) is 9.85. The normalized spacial score (nSPS) is 14.9. The van der Waals surface area contributed by atoms with Gasteiger partial charge in [-0.15, -0.1) is 11.3 Å². The average molecular weight is 259 g/mol. The van der Waals surface area contributed by atoms with Gasteiger partial charge < -0.3 is 4.98 Å². The summed E-state index contributed by atoms with van der Waals surface area (Å²) < 4.78 is 0. The Morgan fingerprint density at radius 2 is 2.17 bits per heavy atom. The molecule has 2 heterocycles. The van der Waals surface area contributed by atoms with Crippen molar-refractivity contribution < 1.29 is 0 Å². The summed E-state index contributed by atoms with van der Waals surface area (Å²) in [6.07, 6.45) is 9.54. The summed E-state index contributed by atoms with van der Waals surface area (Å²) in [6, 6.07) is 0. The quantitative estimate of drug-likeness (QED) is 0.900. The molecule has 0 unspecified atom stereocenters. The first-order chi connectivity index (χ1) is 8.83. The van der Waals surface area contributed by atoms with Crippen LogP contribution in [0.5, 0.6) is 0 Å². The molecule has 4 nitrogen and oxygen atoms in total. The average Bonchev–Trinajstić information content (AvgIpc) is 2.90. The van der Waals surface area contributed by atoms with E-state index in [4.69, 9.17) is 0 Å². The highest BCUT2D eigenvalue weighted by Gasteiger charge is 2.14. The highest BCUT2D eigenvalue weighted by molar-refractivity contribution is 7.10. The van der Waals surface area contributed by atoms with Crippen LogP contribution < -0.4 is 5.56 Å². The molecular formula is C13H13N3OS. The molecule has 0 atom stereocenters. The third kappa shape index (κ3) is 2.26. The molecule has 0 saturated carbocycles. The number of hydrogen-bond donors (Lipinski definition) is 1. The van der Waals surface area contributed by atoms with Crippen LogP contribution in [0.25, 0.3) is 12.2 Å². The first-order valence-electron chi connectivity index (χ1n) is 6.01. The van der Waals surface area contributed by atoms with E-state index in [2.05, 4.69) is 15.0 Å². The van der Waals surface area contributed by atoms with Crippen molar-refractivity contribution in [3.05, 3.63) is 44.0 Å².